The summed E-state index contributed by atoms with van der Waals surface area (Å²) in [4.78, 5) is 7.16. The molecule has 0 saturated carbocycles. The van der Waals surface area contributed by atoms with E-state index in [1.165, 1.54) is 19.1 Å². The van der Waals surface area contributed by atoms with Crippen LogP contribution in [-0.2, 0) is 4.74 Å². The van der Waals surface area contributed by atoms with Crippen LogP contribution >= 0.6 is 23.4 Å². The number of aliphatic hydroxyl groups is 1. The number of aliphatic hydroxyl groups excluding tert-OH is 1. The molecule has 3 atom stereocenters. The van der Waals surface area contributed by atoms with Crippen LogP contribution < -0.4 is 0 Å². The fraction of sp³-hybridized carbons (Fsp3) is 0.533. The van der Waals surface area contributed by atoms with Crippen molar-refractivity contribution in [2.75, 3.05) is 32.9 Å². The highest BCUT2D eigenvalue weighted by atomic mass is 35.5. The molecule has 0 saturated heterocycles. The summed E-state index contributed by atoms with van der Waals surface area (Å²) in [7, 11) is 0. The van der Waals surface area contributed by atoms with Crippen molar-refractivity contribution in [2.24, 2.45) is 10.9 Å². The van der Waals surface area contributed by atoms with Crippen molar-refractivity contribution in [3.05, 3.63) is 70.0 Å². The highest BCUT2D eigenvalue weighted by molar-refractivity contribution is 8.03. The number of hydrogen-bond donors (Lipinski definition) is 2. The molecule has 0 spiro atoms. The number of thioether (sulfide) groups is 1. The maximum atomic E-state index is 13.1. The van der Waals surface area contributed by atoms with Crippen LogP contribution in [-0.4, -0.2) is 65.9 Å². The van der Waals surface area contributed by atoms with E-state index >= 15 is 0 Å². The Hall–Kier alpha value is -2.00. The lowest BCUT2D eigenvalue weighted by Gasteiger charge is -2.38. The second-order valence-corrected chi connectivity index (χ2v) is 10.6. The number of nitrogens with zero attached hydrogens (tertiary/aromatic N) is 2. The second kappa shape index (κ2) is 20.0. The summed E-state index contributed by atoms with van der Waals surface area (Å²) in [6.45, 7) is 11.9. The Bertz CT molecular complexity index is 981. The molecular formula is C30H44ClF2N3O2S. The number of benzene rings is 1. The first-order valence-corrected chi connectivity index (χ1v) is 14.8. The van der Waals surface area contributed by atoms with E-state index in [9.17, 15) is 8.78 Å². The molecule has 1 aromatic rings. The van der Waals surface area contributed by atoms with E-state index in [1.54, 1.807) is 36.0 Å². The number of alkyl halides is 1. The van der Waals surface area contributed by atoms with Gasteiger partial charge in [-0.05, 0) is 62.3 Å². The lowest BCUT2D eigenvalue weighted by atomic mass is 9.98. The minimum atomic E-state index is -0.917. The molecule has 1 aliphatic rings. The molecular weight excluding hydrogens is 540 g/mol. The molecule has 0 aliphatic carbocycles. The van der Waals surface area contributed by atoms with Gasteiger partial charge in [-0.1, -0.05) is 57.0 Å². The van der Waals surface area contributed by atoms with E-state index in [-0.39, 0.29) is 17.7 Å². The number of halogens is 3. The van der Waals surface area contributed by atoms with Crippen LogP contribution in [0.1, 0.15) is 53.9 Å². The Balaban J connectivity index is 0.000000806. The summed E-state index contributed by atoms with van der Waals surface area (Å²) in [6, 6.07) is 5.82. The summed E-state index contributed by atoms with van der Waals surface area (Å²) in [6.07, 6.45) is 6.67. The van der Waals surface area contributed by atoms with Gasteiger partial charge < -0.3 is 20.2 Å². The zero-order valence-corrected chi connectivity index (χ0v) is 25.4. The lowest BCUT2D eigenvalue weighted by molar-refractivity contribution is 0.0864. The van der Waals surface area contributed by atoms with Gasteiger partial charge >= 0.3 is 0 Å². The standard InChI is InChI=1S/C24H40FN3O2S.C6H4ClF/c1-6-16-31-23(18(4)7-2)24-27-17-20(21(26)11-9-10-19(5)25)22(8-3)28(24)12-14-30-15-13-29;7-5-2-1-3-6(8)4-5/h6,9,11,16,18-19,23,26,29H,7-8,10,12-15,17H2,1-5H3;1-4H/b11-9-,16-6-,26-21?;. The highest BCUT2D eigenvalue weighted by Crippen LogP contribution is 2.31. The lowest BCUT2D eigenvalue weighted by Crippen LogP contribution is -2.45. The van der Waals surface area contributed by atoms with Crippen LogP contribution in [0.3, 0.4) is 0 Å². The third kappa shape index (κ3) is 12.8. The molecule has 39 heavy (non-hydrogen) atoms. The van der Waals surface area contributed by atoms with Gasteiger partial charge in [0.05, 0.1) is 37.3 Å². The Morgan fingerprint density at radius 2 is 2.05 bits per heavy atom. The van der Waals surface area contributed by atoms with Crippen molar-refractivity contribution in [3.63, 3.8) is 0 Å². The molecule has 3 unspecified atom stereocenters. The molecule has 0 radical (unpaired) electrons. The summed E-state index contributed by atoms with van der Waals surface area (Å²) in [5, 5.41) is 20.4. The van der Waals surface area contributed by atoms with Crippen molar-refractivity contribution in [2.45, 2.75) is 65.3 Å². The minimum absolute atomic E-state index is 0.00224. The highest BCUT2D eigenvalue weighted by Gasteiger charge is 2.32. The third-order valence-electron chi connectivity index (χ3n) is 6.01. The van der Waals surface area contributed by atoms with E-state index in [0.717, 1.165) is 29.9 Å². The number of ether oxygens (including phenoxy) is 1. The molecule has 9 heteroatoms. The molecule has 0 fully saturated rings. The average Bonchev–Trinajstić information content (AvgIpc) is 2.91. The van der Waals surface area contributed by atoms with Gasteiger partial charge in [-0.3, -0.25) is 4.99 Å². The van der Waals surface area contributed by atoms with Gasteiger partial charge in [0.2, 0.25) is 0 Å². The number of rotatable bonds is 15. The largest absolute Gasteiger partial charge is 0.394 e. The molecule has 2 N–H and O–H groups in total. The molecule has 0 bridgehead atoms. The maximum Gasteiger partial charge on any atom is 0.124 e. The normalized spacial score (nSPS) is 16.2. The average molecular weight is 584 g/mol. The van der Waals surface area contributed by atoms with Crippen molar-refractivity contribution in [1.29, 1.82) is 5.41 Å². The minimum Gasteiger partial charge on any atom is -0.394 e. The van der Waals surface area contributed by atoms with Crippen molar-refractivity contribution >= 4 is 34.9 Å². The summed E-state index contributed by atoms with van der Waals surface area (Å²) in [5.41, 5.74) is 2.35. The van der Waals surface area contributed by atoms with Crippen molar-refractivity contribution in [1.82, 2.24) is 4.90 Å². The van der Waals surface area contributed by atoms with Crippen molar-refractivity contribution in [3.8, 4) is 0 Å². The van der Waals surface area contributed by atoms with Crippen molar-refractivity contribution < 1.29 is 18.6 Å². The first-order chi connectivity index (χ1) is 18.7. The number of nitrogens with one attached hydrogen (secondary N) is 1. The van der Waals surface area contributed by atoms with Crippen LogP contribution in [0.15, 0.2) is 64.2 Å². The van der Waals surface area contributed by atoms with Gasteiger partial charge in [0.15, 0.2) is 0 Å². The van der Waals surface area contributed by atoms with E-state index in [4.69, 9.17) is 31.8 Å². The molecule has 1 aliphatic heterocycles. The predicted molar refractivity (Wildman–Crippen MR) is 163 cm³/mol. The van der Waals surface area contributed by atoms with Gasteiger partial charge in [0.25, 0.3) is 0 Å². The van der Waals surface area contributed by atoms with Crippen LogP contribution in [0.25, 0.3) is 0 Å². The smallest absolute Gasteiger partial charge is 0.124 e. The topological polar surface area (TPSA) is 68.9 Å². The van der Waals surface area contributed by atoms with E-state index in [1.807, 2.05) is 13.0 Å². The SMILES string of the molecule is C/C=C\SC(C1=NCC(C(=N)/C=C\CC(C)F)=C(CC)N1CCOCCO)C(C)CC.Fc1cccc(Cl)c1. The fourth-order valence-corrected chi connectivity index (χ4v) is 5.15. The summed E-state index contributed by atoms with van der Waals surface area (Å²) in [5.74, 6) is 1.17. The summed E-state index contributed by atoms with van der Waals surface area (Å²) < 4.78 is 30.8. The van der Waals surface area contributed by atoms with E-state index in [2.05, 4.69) is 31.1 Å². The van der Waals surface area contributed by atoms with Gasteiger partial charge in [0, 0.05) is 22.8 Å². The van der Waals surface area contributed by atoms with E-state index in [0.29, 0.717) is 49.4 Å². The number of aliphatic imine (C=N–C) groups is 1. The van der Waals surface area contributed by atoms with Gasteiger partial charge in [-0.2, -0.15) is 0 Å². The Labute approximate surface area is 242 Å². The number of amidine groups is 1. The number of hydrogen-bond acceptors (Lipinski definition) is 6. The Morgan fingerprint density at radius 3 is 2.59 bits per heavy atom. The molecule has 218 valence electrons. The van der Waals surface area contributed by atoms with E-state index < -0.39 is 6.17 Å². The second-order valence-electron chi connectivity index (χ2n) is 9.12. The first-order valence-electron chi connectivity index (χ1n) is 13.5. The van der Waals surface area contributed by atoms with Gasteiger partial charge in [-0.25, -0.2) is 8.78 Å². The third-order valence-corrected chi connectivity index (χ3v) is 7.65. The number of allylic oxidation sites excluding steroid dienone is 4. The summed E-state index contributed by atoms with van der Waals surface area (Å²) >= 11 is 7.19. The molecule has 0 amide bonds. The fourth-order valence-electron chi connectivity index (χ4n) is 3.86. The maximum absolute atomic E-state index is 13.1. The quantitative estimate of drug-likeness (QED) is 0.163. The predicted octanol–water partition coefficient (Wildman–Crippen LogP) is 7.86. The van der Waals surface area contributed by atoms with Crippen LogP contribution in [0, 0.1) is 17.1 Å². The molecule has 1 heterocycles. The van der Waals surface area contributed by atoms with Crippen LogP contribution in [0.4, 0.5) is 8.78 Å². The monoisotopic (exact) mass is 583 g/mol. The van der Waals surface area contributed by atoms with Gasteiger partial charge in [0.1, 0.15) is 17.8 Å². The molecule has 2 rings (SSSR count). The Morgan fingerprint density at radius 1 is 1.31 bits per heavy atom. The molecule has 0 aromatic heterocycles. The molecule has 1 aromatic carbocycles. The molecule has 5 nitrogen and oxygen atoms in total. The Kier molecular flexibility index (Phi) is 17.9. The first kappa shape index (κ1) is 35.0. The zero-order valence-electron chi connectivity index (χ0n) is 23.8. The van der Waals surface area contributed by atoms with Crippen LogP contribution in [0.5, 0.6) is 0 Å². The van der Waals surface area contributed by atoms with Crippen LogP contribution in [0.2, 0.25) is 5.02 Å². The zero-order chi connectivity index (χ0) is 29.2. The van der Waals surface area contributed by atoms with Gasteiger partial charge in [-0.15, -0.1) is 11.8 Å².